The van der Waals surface area contributed by atoms with Crippen LogP contribution in [0.1, 0.15) is 19.4 Å². The Kier molecular flexibility index (Phi) is 5.82. The van der Waals surface area contributed by atoms with E-state index in [1.54, 1.807) is 13.8 Å². The quantitative estimate of drug-likeness (QED) is 0.598. The molecule has 1 rings (SSSR count). The molecule has 1 unspecified atom stereocenters. The van der Waals surface area contributed by atoms with Crippen molar-refractivity contribution in [1.82, 2.24) is 0 Å². The summed E-state index contributed by atoms with van der Waals surface area (Å²) in [5.41, 5.74) is 0.854. The van der Waals surface area contributed by atoms with Gasteiger partial charge in [0, 0.05) is 10.7 Å². The first kappa shape index (κ1) is 16.0. The number of hydrogen-bond donors (Lipinski definition) is 0. The molecule has 0 aromatic heterocycles. The minimum absolute atomic E-state index is 0.130. The van der Waals surface area contributed by atoms with Crippen molar-refractivity contribution in [2.45, 2.75) is 20.5 Å². The summed E-state index contributed by atoms with van der Waals surface area (Å²) < 4.78 is 27.3. The van der Waals surface area contributed by atoms with Gasteiger partial charge in [0.05, 0.1) is 11.7 Å². The van der Waals surface area contributed by atoms with Gasteiger partial charge < -0.3 is 4.74 Å². The number of ether oxygens (including phenoxy) is 1. The van der Waals surface area contributed by atoms with Crippen LogP contribution in [0.25, 0.3) is 0 Å². The van der Waals surface area contributed by atoms with Crippen molar-refractivity contribution >= 4 is 25.7 Å². The highest BCUT2D eigenvalue weighted by atomic mass is 35.7. The first-order valence-corrected chi connectivity index (χ1v) is 8.40. The second-order valence-corrected chi connectivity index (χ2v) is 7.47. The lowest BCUT2D eigenvalue weighted by Crippen LogP contribution is -2.28. The summed E-state index contributed by atoms with van der Waals surface area (Å²) in [5, 5.41) is 0. The number of hydrogen-bond acceptors (Lipinski definition) is 4. The minimum Gasteiger partial charge on any atom is -0.461 e. The van der Waals surface area contributed by atoms with Gasteiger partial charge in [-0.05, 0) is 11.5 Å². The topological polar surface area (TPSA) is 60.4 Å². The normalized spacial score (nSPS) is 13.3. The fourth-order valence-corrected chi connectivity index (χ4v) is 2.94. The Morgan fingerprint density at radius 3 is 2.32 bits per heavy atom. The summed E-state index contributed by atoms with van der Waals surface area (Å²) in [6, 6.07) is 9.20. The number of benzene rings is 1. The molecule has 0 aliphatic heterocycles. The molecular formula is C13H17ClO4S. The zero-order valence-electron chi connectivity index (χ0n) is 10.9. The predicted molar refractivity (Wildman–Crippen MR) is 74.2 cm³/mol. The molecule has 0 N–H and O–H groups in total. The molecule has 0 saturated carbocycles. The molecule has 0 aliphatic rings. The lowest BCUT2D eigenvalue weighted by atomic mass is 9.98. The van der Waals surface area contributed by atoms with Crippen molar-refractivity contribution < 1.29 is 17.9 Å². The van der Waals surface area contributed by atoms with Gasteiger partial charge in [0.25, 0.3) is 0 Å². The SMILES string of the molecule is CC(C)C(CS(=O)(=O)Cl)C(=O)OCc1ccccc1. The van der Waals surface area contributed by atoms with Gasteiger partial charge >= 0.3 is 5.97 Å². The molecule has 0 spiro atoms. The average Bonchev–Trinajstić information content (AvgIpc) is 2.33. The van der Waals surface area contributed by atoms with E-state index in [2.05, 4.69) is 0 Å². The van der Waals surface area contributed by atoms with Gasteiger partial charge in [-0.2, -0.15) is 0 Å². The van der Waals surface area contributed by atoms with Crippen molar-refractivity contribution in [2.75, 3.05) is 5.75 Å². The van der Waals surface area contributed by atoms with E-state index in [1.165, 1.54) is 0 Å². The van der Waals surface area contributed by atoms with Crippen LogP contribution in [0.5, 0.6) is 0 Å². The van der Waals surface area contributed by atoms with E-state index in [0.717, 1.165) is 5.56 Å². The molecule has 4 nitrogen and oxygen atoms in total. The Bertz CT molecular complexity index is 511. The first-order chi connectivity index (χ1) is 8.79. The molecule has 1 atom stereocenters. The van der Waals surface area contributed by atoms with Crippen molar-refractivity contribution in [3.63, 3.8) is 0 Å². The molecule has 0 bridgehead atoms. The number of carbonyl (C=O) groups is 1. The third kappa shape index (κ3) is 6.07. The number of rotatable bonds is 6. The molecule has 19 heavy (non-hydrogen) atoms. The second kappa shape index (κ2) is 6.91. The fraction of sp³-hybridized carbons (Fsp3) is 0.462. The third-order valence-corrected chi connectivity index (χ3v) is 3.85. The maximum Gasteiger partial charge on any atom is 0.310 e. The van der Waals surface area contributed by atoms with E-state index in [0.29, 0.717) is 0 Å². The Hall–Kier alpha value is -1.07. The molecule has 0 aliphatic carbocycles. The highest BCUT2D eigenvalue weighted by Crippen LogP contribution is 2.18. The molecular weight excluding hydrogens is 288 g/mol. The standard InChI is InChI=1S/C13H17ClO4S/c1-10(2)12(9-19(14,16)17)13(15)18-8-11-6-4-3-5-7-11/h3-7,10,12H,8-9H2,1-2H3. The summed E-state index contributed by atoms with van der Waals surface area (Å²) >= 11 is 0. The van der Waals surface area contributed by atoms with Crippen LogP contribution in [0, 0.1) is 11.8 Å². The van der Waals surface area contributed by atoms with Crippen LogP contribution < -0.4 is 0 Å². The van der Waals surface area contributed by atoms with Crippen LogP contribution >= 0.6 is 10.7 Å². The van der Waals surface area contributed by atoms with Crippen LogP contribution in [0.2, 0.25) is 0 Å². The largest absolute Gasteiger partial charge is 0.461 e. The van der Waals surface area contributed by atoms with Crippen LogP contribution in [0.15, 0.2) is 30.3 Å². The van der Waals surface area contributed by atoms with Crippen LogP contribution in [-0.2, 0) is 25.2 Å². The van der Waals surface area contributed by atoms with Gasteiger partial charge in [-0.1, -0.05) is 44.2 Å². The van der Waals surface area contributed by atoms with Gasteiger partial charge in [0.1, 0.15) is 6.61 Å². The summed E-state index contributed by atoms with van der Waals surface area (Å²) in [4.78, 5) is 11.9. The molecule has 1 aromatic rings. The van der Waals surface area contributed by atoms with E-state index in [9.17, 15) is 13.2 Å². The number of carbonyl (C=O) groups excluding carboxylic acids is 1. The first-order valence-electron chi connectivity index (χ1n) is 5.92. The van der Waals surface area contributed by atoms with Gasteiger partial charge in [-0.3, -0.25) is 4.79 Å². The molecule has 0 saturated heterocycles. The van der Waals surface area contributed by atoms with Gasteiger partial charge in [-0.15, -0.1) is 0 Å². The maximum absolute atomic E-state index is 11.9. The van der Waals surface area contributed by atoms with Crippen molar-refractivity contribution in [3.8, 4) is 0 Å². The lowest BCUT2D eigenvalue weighted by molar-refractivity contribution is -0.150. The second-order valence-electron chi connectivity index (χ2n) is 4.65. The lowest BCUT2D eigenvalue weighted by Gasteiger charge is -2.17. The van der Waals surface area contributed by atoms with E-state index in [-0.39, 0.29) is 12.5 Å². The minimum atomic E-state index is -3.72. The maximum atomic E-state index is 11.9. The Balaban J connectivity index is 2.63. The number of halogens is 1. The molecule has 106 valence electrons. The van der Waals surface area contributed by atoms with Crippen molar-refractivity contribution in [1.29, 1.82) is 0 Å². The highest BCUT2D eigenvalue weighted by molar-refractivity contribution is 8.13. The van der Waals surface area contributed by atoms with Crippen molar-refractivity contribution in [3.05, 3.63) is 35.9 Å². The smallest absolute Gasteiger partial charge is 0.310 e. The van der Waals surface area contributed by atoms with Crippen molar-refractivity contribution in [2.24, 2.45) is 11.8 Å². The van der Waals surface area contributed by atoms with Crippen LogP contribution in [0.4, 0.5) is 0 Å². The fourth-order valence-electron chi connectivity index (χ4n) is 1.58. The van der Waals surface area contributed by atoms with E-state index in [1.807, 2.05) is 30.3 Å². The van der Waals surface area contributed by atoms with E-state index >= 15 is 0 Å². The van der Waals surface area contributed by atoms with Gasteiger partial charge in [-0.25, -0.2) is 8.42 Å². The summed E-state index contributed by atoms with van der Waals surface area (Å²) in [5.74, 6) is -1.84. The number of esters is 1. The highest BCUT2D eigenvalue weighted by Gasteiger charge is 2.28. The predicted octanol–water partition coefficient (Wildman–Crippen LogP) is 2.57. The van der Waals surface area contributed by atoms with E-state index in [4.69, 9.17) is 15.4 Å². The summed E-state index contributed by atoms with van der Waals surface area (Å²) in [6.45, 7) is 3.65. The van der Waals surface area contributed by atoms with Crippen LogP contribution in [-0.4, -0.2) is 20.1 Å². The summed E-state index contributed by atoms with van der Waals surface area (Å²) in [7, 11) is 1.47. The Labute approximate surface area is 118 Å². The van der Waals surface area contributed by atoms with E-state index < -0.39 is 26.7 Å². The molecule has 0 radical (unpaired) electrons. The molecule has 0 heterocycles. The Morgan fingerprint density at radius 1 is 1.26 bits per heavy atom. The average molecular weight is 305 g/mol. The zero-order chi connectivity index (χ0) is 14.5. The zero-order valence-corrected chi connectivity index (χ0v) is 12.4. The Morgan fingerprint density at radius 2 is 1.84 bits per heavy atom. The monoisotopic (exact) mass is 304 g/mol. The van der Waals surface area contributed by atoms with Gasteiger partial charge in [0.15, 0.2) is 0 Å². The molecule has 1 aromatic carbocycles. The van der Waals surface area contributed by atoms with Crippen LogP contribution in [0.3, 0.4) is 0 Å². The molecule has 0 fully saturated rings. The van der Waals surface area contributed by atoms with Gasteiger partial charge in [0.2, 0.25) is 9.05 Å². The molecule has 6 heteroatoms. The third-order valence-electron chi connectivity index (χ3n) is 2.71. The molecule has 0 amide bonds. The summed E-state index contributed by atoms with van der Waals surface area (Å²) in [6.07, 6.45) is 0.